The van der Waals surface area contributed by atoms with E-state index >= 15 is 0 Å². The molecule has 0 saturated carbocycles. The Morgan fingerprint density at radius 2 is 2.04 bits per heavy atom. The van der Waals surface area contributed by atoms with Gasteiger partial charge >= 0.3 is 0 Å². The van der Waals surface area contributed by atoms with Crippen LogP contribution in [0.15, 0.2) is 23.2 Å². The predicted octanol–water partition coefficient (Wildman–Crippen LogP) is 1.10. The van der Waals surface area contributed by atoms with Crippen LogP contribution in [0, 0.1) is 6.92 Å². The van der Waals surface area contributed by atoms with E-state index in [0.29, 0.717) is 6.04 Å². The van der Waals surface area contributed by atoms with Gasteiger partial charge in [-0.1, -0.05) is 12.1 Å². The number of guanidine groups is 1. The van der Waals surface area contributed by atoms with Crippen LogP contribution in [0.25, 0.3) is 0 Å². The Kier molecular flexibility index (Phi) is 6.74. The largest absolute Gasteiger partial charge is 0.496 e. The highest BCUT2D eigenvalue weighted by molar-refractivity contribution is 5.79. The summed E-state index contributed by atoms with van der Waals surface area (Å²) in [5.41, 5.74) is 2.45. The number of piperazine rings is 3. The molecule has 2 N–H and O–H groups in total. The second-order valence-electron chi connectivity index (χ2n) is 7.19. The zero-order valence-corrected chi connectivity index (χ0v) is 16.4. The number of nitrogens with one attached hydrogen (secondary N) is 2. The highest BCUT2D eigenvalue weighted by Crippen LogP contribution is 2.19. The lowest BCUT2D eigenvalue weighted by molar-refractivity contribution is 0.0174. The van der Waals surface area contributed by atoms with Crippen molar-refractivity contribution in [2.24, 2.45) is 4.99 Å². The van der Waals surface area contributed by atoms with Crippen molar-refractivity contribution in [3.05, 3.63) is 29.3 Å². The van der Waals surface area contributed by atoms with Crippen molar-refractivity contribution in [3.63, 3.8) is 0 Å². The third-order valence-electron chi connectivity index (χ3n) is 5.38. The maximum atomic E-state index is 5.42. The van der Waals surface area contributed by atoms with Crippen LogP contribution in [0.2, 0.25) is 0 Å². The van der Waals surface area contributed by atoms with E-state index in [0.717, 1.165) is 44.3 Å². The van der Waals surface area contributed by atoms with Gasteiger partial charge < -0.3 is 15.4 Å². The fourth-order valence-corrected chi connectivity index (χ4v) is 3.78. The summed E-state index contributed by atoms with van der Waals surface area (Å²) in [5, 5.41) is 6.84. The minimum atomic E-state index is 0.564. The van der Waals surface area contributed by atoms with Crippen LogP contribution in [0.3, 0.4) is 0 Å². The summed E-state index contributed by atoms with van der Waals surface area (Å²) in [4.78, 5) is 9.99. The Hall–Kier alpha value is -1.79. The van der Waals surface area contributed by atoms with Crippen LogP contribution in [0.1, 0.15) is 18.1 Å². The van der Waals surface area contributed by atoms with Gasteiger partial charge in [0.1, 0.15) is 5.75 Å². The Balaban J connectivity index is 1.50. The fraction of sp³-hybridized carbons (Fsp3) is 0.650. The number of aryl methyl sites for hydroxylation is 1. The Morgan fingerprint density at radius 3 is 2.69 bits per heavy atom. The second kappa shape index (κ2) is 9.24. The number of ether oxygens (including phenoxy) is 1. The Morgan fingerprint density at radius 1 is 1.23 bits per heavy atom. The number of fused-ring (bicyclic) bond motifs is 3. The summed E-state index contributed by atoms with van der Waals surface area (Å²) in [6.45, 7) is 12.8. The van der Waals surface area contributed by atoms with Gasteiger partial charge in [-0.2, -0.15) is 0 Å². The number of methoxy groups -OCH3 is 1. The van der Waals surface area contributed by atoms with Gasteiger partial charge in [0.05, 0.1) is 13.7 Å². The van der Waals surface area contributed by atoms with Gasteiger partial charge in [0.15, 0.2) is 5.96 Å². The van der Waals surface area contributed by atoms with E-state index in [4.69, 9.17) is 9.73 Å². The molecule has 1 unspecified atom stereocenters. The monoisotopic (exact) mass is 359 g/mol. The van der Waals surface area contributed by atoms with E-state index in [1.807, 2.05) is 0 Å². The van der Waals surface area contributed by atoms with Crippen LogP contribution in [0.5, 0.6) is 5.75 Å². The molecule has 3 fully saturated rings. The minimum Gasteiger partial charge on any atom is -0.496 e. The average Bonchev–Trinajstić information content (AvgIpc) is 2.68. The summed E-state index contributed by atoms with van der Waals surface area (Å²) in [7, 11) is 1.73. The molecule has 3 heterocycles. The summed E-state index contributed by atoms with van der Waals surface area (Å²) in [5.74, 6) is 1.88. The first-order chi connectivity index (χ1) is 12.7. The Bertz CT molecular complexity index is 610. The zero-order valence-electron chi connectivity index (χ0n) is 16.4. The number of aliphatic imine (C=N–C) groups is 1. The van der Waals surface area contributed by atoms with Crippen molar-refractivity contribution in [1.29, 1.82) is 0 Å². The molecule has 0 spiro atoms. The lowest BCUT2D eigenvalue weighted by Gasteiger charge is -2.47. The van der Waals surface area contributed by atoms with Crippen molar-refractivity contribution in [2.75, 3.05) is 59.5 Å². The number of hydrogen-bond donors (Lipinski definition) is 2. The smallest absolute Gasteiger partial charge is 0.191 e. The molecule has 1 aromatic carbocycles. The van der Waals surface area contributed by atoms with Crippen LogP contribution < -0.4 is 15.4 Å². The number of hydrogen-bond acceptors (Lipinski definition) is 4. The van der Waals surface area contributed by atoms with Crippen LogP contribution in [0.4, 0.5) is 0 Å². The first kappa shape index (κ1) is 19.0. The second-order valence-corrected chi connectivity index (χ2v) is 7.19. The highest BCUT2D eigenvalue weighted by Gasteiger charge is 2.31. The van der Waals surface area contributed by atoms with Gasteiger partial charge in [0, 0.05) is 51.9 Å². The molecule has 6 heteroatoms. The van der Waals surface area contributed by atoms with Crippen molar-refractivity contribution >= 4 is 5.96 Å². The third-order valence-corrected chi connectivity index (χ3v) is 5.38. The third kappa shape index (κ3) is 4.89. The number of benzene rings is 1. The Labute approximate surface area is 157 Å². The zero-order chi connectivity index (χ0) is 18.4. The van der Waals surface area contributed by atoms with Crippen LogP contribution in [-0.2, 0) is 6.42 Å². The molecule has 3 aliphatic rings. The lowest BCUT2D eigenvalue weighted by atomic mass is 10.1. The molecular formula is C20H33N5O. The van der Waals surface area contributed by atoms with Crippen LogP contribution >= 0.6 is 0 Å². The molecule has 26 heavy (non-hydrogen) atoms. The molecule has 0 aromatic heterocycles. The van der Waals surface area contributed by atoms with Crippen LogP contribution in [-0.4, -0.2) is 81.3 Å². The summed E-state index contributed by atoms with van der Waals surface area (Å²) in [6, 6.07) is 6.98. The molecule has 144 valence electrons. The predicted molar refractivity (Wildman–Crippen MR) is 107 cm³/mol. The van der Waals surface area contributed by atoms with Gasteiger partial charge in [-0.05, 0) is 37.5 Å². The maximum absolute atomic E-state index is 5.42. The molecule has 3 saturated heterocycles. The van der Waals surface area contributed by atoms with E-state index < -0.39 is 0 Å². The van der Waals surface area contributed by atoms with Crippen molar-refractivity contribution in [2.45, 2.75) is 26.3 Å². The van der Waals surface area contributed by atoms with Gasteiger partial charge in [-0.25, -0.2) is 0 Å². The molecule has 0 aliphatic carbocycles. The van der Waals surface area contributed by atoms with E-state index in [1.165, 1.54) is 37.3 Å². The maximum Gasteiger partial charge on any atom is 0.191 e. The molecule has 6 nitrogen and oxygen atoms in total. The van der Waals surface area contributed by atoms with E-state index in [-0.39, 0.29) is 0 Å². The highest BCUT2D eigenvalue weighted by atomic mass is 16.5. The van der Waals surface area contributed by atoms with Crippen molar-refractivity contribution in [3.8, 4) is 5.75 Å². The average molecular weight is 360 g/mol. The quantitative estimate of drug-likeness (QED) is 0.564. The lowest BCUT2D eigenvalue weighted by Crippen LogP contribution is -2.62. The van der Waals surface area contributed by atoms with Gasteiger partial charge in [-0.3, -0.25) is 14.8 Å². The van der Waals surface area contributed by atoms with Gasteiger partial charge in [-0.15, -0.1) is 0 Å². The summed E-state index contributed by atoms with van der Waals surface area (Å²) in [6.07, 6.45) is 0.949. The fourth-order valence-electron chi connectivity index (χ4n) is 3.78. The van der Waals surface area contributed by atoms with E-state index in [1.54, 1.807) is 7.11 Å². The van der Waals surface area contributed by atoms with E-state index in [2.05, 4.69) is 52.5 Å². The SMILES string of the molecule is CCNC(=NCC1CN2CCN1CC2)NCCc1ccc(C)c(OC)c1. The summed E-state index contributed by atoms with van der Waals surface area (Å²) >= 11 is 0. The van der Waals surface area contributed by atoms with Gasteiger partial charge in [0.2, 0.25) is 0 Å². The molecule has 1 atom stereocenters. The molecule has 0 amide bonds. The van der Waals surface area contributed by atoms with Crippen molar-refractivity contribution < 1.29 is 4.74 Å². The molecule has 0 radical (unpaired) electrons. The molecule has 1 aromatic rings. The topological polar surface area (TPSA) is 52.1 Å². The van der Waals surface area contributed by atoms with Crippen molar-refractivity contribution in [1.82, 2.24) is 20.4 Å². The number of nitrogens with zero attached hydrogens (tertiary/aromatic N) is 3. The minimum absolute atomic E-state index is 0.564. The first-order valence-electron chi connectivity index (χ1n) is 9.81. The van der Waals surface area contributed by atoms with E-state index in [9.17, 15) is 0 Å². The van der Waals surface area contributed by atoms with Gasteiger partial charge in [0.25, 0.3) is 0 Å². The molecule has 2 bridgehead atoms. The summed E-state index contributed by atoms with van der Waals surface area (Å²) < 4.78 is 5.42. The number of rotatable bonds is 7. The molecule has 4 rings (SSSR count). The standard InChI is InChI=1S/C20H33N5O/c1-4-21-20(23-14-18-15-24-9-11-25(18)12-10-24)22-8-7-17-6-5-16(2)19(13-17)26-3/h5-6,13,18H,4,7-12,14-15H2,1-3H3,(H2,21,22,23). The first-order valence-corrected chi connectivity index (χ1v) is 9.81. The normalized spacial score (nSPS) is 25.2. The molecule has 3 aliphatic heterocycles. The molecular weight excluding hydrogens is 326 g/mol.